The van der Waals surface area contributed by atoms with Crippen molar-refractivity contribution < 1.29 is 9.59 Å². The molecular formula is C29H32ClN5O2. The number of nitrogens with one attached hydrogen (secondary N) is 1. The summed E-state index contributed by atoms with van der Waals surface area (Å²) in [6.07, 6.45) is 7.92. The van der Waals surface area contributed by atoms with Crippen LogP contribution in [0.5, 0.6) is 0 Å². The molecule has 2 aliphatic heterocycles. The molecule has 1 unspecified atom stereocenters. The van der Waals surface area contributed by atoms with Gasteiger partial charge in [0.2, 0.25) is 5.91 Å². The molecule has 1 fully saturated rings. The van der Waals surface area contributed by atoms with Crippen molar-refractivity contribution in [3.63, 3.8) is 0 Å². The number of amides is 2. The molecule has 1 atom stereocenters. The van der Waals surface area contributed by atoms with Crippen LogP contribution in [0.25, 0.3) is 0 Å². The minimum atomic E-state index is -0.919. The third-order valence-electron chi connectivity index (χ3n) is 6.81. The van der Waals surface area contributed by atoms with Crippen LogP contribution in [-0.4, -0.2) is 52.6 Å². The maximum Gasteiger partial charge on any atom is 0.256 e. The number of hydrogen-bond donors (Lipinski definition) is 1. The minimum absolute atomic E-state index is 0.0643. The highest BCUT2D eigenvalue weighted by atomic mass is 35.5. The van der Waals surface area contributed by atoms with Gasteiger partial charge in [-0.2, -0.15) is 10.2 Å². The van der Waals surface area contributed by atoms with Gasteiger partial charge in [-0.1, -0.05) is 66.7 Å². The lowest BCUT2D eigenvalue weighted by atomic mass is 9.83. The Hall–Kier alpha value is -3.68. The number of benzene rings is 2. The summed E-state index contributed by atoms with van der Waals surface area (Å²) in [7, 11) is 1.77. The van der Waals surface area contributed by atoms with Crippen molar-refractivity contribution >= 4 is 29.1 Å². The monoisotopic (exact) mass is 517 g/mol. The third-order valence-corrected chi connectivity index (χ3v) is 7.06. The number of hydrazone groups is 1. The summed E-state index contributed by atoms with van der Waals surface area (Å²) in [6, 6.07) is 15.1. The summed E-state index contributed by atoms with van der Waals surface area (Å²) in [4.78, 5) is 31.1. The number of rotatable bonds is 8. The van der Waals surface area contributed by atoms with E-state index in [-0.39, 0.29) is 18.2 Å². The SMILES string of the molecule is C=C/C=C\C(=C/C)N(/N=C(/C)CC(=O)N1CCN2C(=O)c3ccccc3CC12c1ccc(Cl)cc1)NC. The molecule has 37 heavy (non-hydrogen) atoms. The predicted octanol–water partition coefficient (Wildman–Crippen LogP) is 4.88. The van der Waals surface area contributed by atoms with Crippen molar-refractivity contribution in [2.45, 2.75) is 32.4 Å². The third kappa shape index (κ3) is 4.97. The van der Waals surface area contributed by atoms with Gasteiger partial charge in [-0.05, 0) is 49.2 Å². The lowest BCUT2D eigenvalue weighted by Crippen LogP contribution is -2.58. The molecule has 1 N–H and O–H groups in total. The molecule has 2 aromatic carbocycles. The summed E-state index contributed by atoms with van der Waals surface area (Å²) in [5.41, 5.74) is 6.05. The standard InChI is InChI=1S/C29H32ClN5O2/c1-5-7-11-25(6-2)35(31-4)32-21(3)19-27(36)33-17-18-34-28(37)26-12-9-8-10-22(26)20-29(33,34)23-13-15-24(30)16-14-23/h5-16,31H,1,17-20H2,2-4H3/b11-7-,25-6+,32-21-. The number of carbonyl (C=O) groups is 2. The fourth-order valence-corrected chi connectivity index (χ4v) is 5.27. The van der Waals surface area contributed by atoms with E-state index in [0.29, 0.717) is 35.8 Å². The fraction of sp³-hybridized carbons (Fsp3) is 0.276. The van der Waals surface area contributed by atoms with Crippen molar-refractivity contribution in [1.82, 2.24) is 20.3 Å². The number of carbonyl (C=O) groups excluding carboxylic acids is 2. The van der Waals surface area contributed by atoms with Crippen molar-refractivity contribution in [2.24, 2.45) is 5.10 Å². The molecule has 0 spiro atoms. The first-order valence-corrected chi connectivity index (χ1v) is 12.7. The zero-order valence-corrected chi connectivity index (χ0v) is 22.2. The van der Waals surface area contributed by atoms with E-state index in [1.165, 1.54) is 0 Å². The molecule has 2 aliphatic rings. The quantitative estimate of drug-likeness (QED) is 0.308. The first-order chi connectivity index (χ1) is 17.8. The molecule has 0 saturated carbocycles. The Balaban J connectivity index is 1.69. The Morgan fingerprint density at radius 3 is 2.62 bits per heavy atom. The Kier molecular flexibility index (Phi) is 7.95. The molecule has 2 aromatic rings. The predicted molar refractivity (Wildman–Crippen MR) is 148 cm³/mol. The molecule has 4 rings (SSSR count). The lowest BCUT2D eigenvalue weighted by Gasteiger charge is -2.47. The second kappa shape index (κ2) is 11.2. The first-order valence-electron chi connectivity index (χ1n) is 12.3. The second-order valence-electron chi connectivity index (χ2n) is 9.02. The van der Waals surface area contributed by atoms with Gasteiger partial charge in [-0.25, -0.2) is 5.43 Å². The highest BCUT2D eigenvalue weighted by Crippen LogP contribution is 2.45. The number of halogens is 1. The first kappa shape index (κ1) is 26.4. The van der Waals surface area contributed by atoms with Crippen LogP contribution in [0.15, 0.2) is 90.2 Å². The van der Waals surface area contributed by atoms with E-state index in [0.717, 1.165) is 16.8 Å². The van der Waals surface area contributed by atoms with E-state index >= 15 is 0 Å². The molecular weight excluding hydrogens is 486 g/mol. The minimum Gasteiger partial charge on any atom is -0.313 e. The van der Waals surface area contributed by atoms with Crippen LogP contribution in [0.2, 0.25) is 5.02 Å². The number of hydrogen-bond acceptors (Lipinski definition) is 5. The molecule has 1 saturated heterocycles. The van der Waals surface area contributed by atoms with Crippen molar-refractivity contribution in [2.75, 3.05) is 20.1 Å². The van der Waals surface area contributed by atoms with E-state index in [1.54, 1.807) is 18.2 Å². The highest BCUT2D eigenvalue weighted by Gasteiger charge is 2.55. The molecule has 0 radical (unpaired) electrons. The maximum atomic E-state index is 13.9. The van der Waals surface area contributed by atoms with E-state index in [4.69, 9.17) is 11.6 Å². The maximum absolute atomic E-state index is 13.9. The van der Waals surface area contributed by atoms with Crippen molar-refractivity contribution in [3.05, 3.63) is 107 Å². The average molecular weight is 518 g/mol. The van der Waals surface area contributed by atoms with E-state index in [2.05, 4.69) is 17.1 Å². The Morgan fingerprint density at radius 1 is 1.22 bits per heavy atom. The van der Waals surface area contributed by atoms with Crippen LogP contribution in [0.1, 0.15) is 41.8 Å². The smallest absolute Gasteiger partial charge is 0.256 e. The van der Waals surface area contributed by atoms with Gasteiger partial charge in [0.1, 0.15) is 5.66 Å². The summed E-state index contributed by atoms with van der Waals surface area (Å²) < 4.78 is 0. The van der Waals surface area contributed by atoms with Crippen LogP contribution >= 0.6 is 11.6 Å². The molecule has 192 valence electrons. The van der Waals surface area contributed by atoms with Crippen LogP contribution in [0, 0.1) is 0 Å². The van der Waals surface area contributed by atoms with E-state index < -0.39 is 5.66 Å². The molecule has 2 heterocycles. The molecule has 7 nitrogen and oxygen atoms in total. The summed E-state index contributed by atoms with van der Waals surface area (Å²) in [5.74, 6) is -0.156. The second-order valence-corrected chi connectivity index (χ2v) is 9.45. The highest BCUT2D eigenvalue weighted by molar-refractivity contribution is 6.30. The summed E-state index contributed by atoms with van der Waals surface area (Å²) >= 11 is 6.20. The summed E-state index contributed by atoms with van der Waals surface area (Å²) in [5, 5.41) is 6.85. The number of hydrazine groups is 1. The molecule has 0 aliphatic carbocycles. The zero-order chi connectivity index (χ0) is 26.6. The van der Waals surface area contributed by atoms with Crippen molar-refractivity contribution in [3.8, 4) is 0 Å². The van der Waals surface area contributed by atoms with E-state index in [9.17, 15) is 9.59 Å². The molecule has 0 bridgehead atoms. The number of allylic oxidation sites excluding steroid dienone is 4. The lowest BCUT2D eigenvalue weighted by molar-refractivity contribution is -0.138. The Morgan fingerprint density at radius 2 is 1.95 bits per heavy atom. The molecule has 2 amide bonds. The van der Waals surface area contributed by atoms with Gasteiger partial charge >= 0.3 is 0 Å². The Labute approximate surface area is 223 Å². The number of nitrogens with zero attached hydrogens (tertiary/aromatic N) is 4. The number of fused-ring (bicyclic) bond motifs is 2. The van der Waals surface area contributed by atoms with Crippen molar-refractivity contribution in [1.29, 1.82) is 0 Å². The van der Waals surface area contributed by atoms with Gasteiger partial charge < -0.3 is 9.80 Å². The topological polar surface area (TPSA) is 68.2 Å². The molecule has 8 heteroatoms. The molecule has 0 aromatic heterocycles. The van der Waals surface area contributed by atoms with E-state index in [1.807, 2.05) is 90.4 Å². The fourth-order valence-electron chi connectivity index (χ4n) is 5.14. The average Bonchev–Trinajstić information content (AvgIpc) is 3.29. The van der Waals surface area contributed by atoms with Crippen LogP contribution in [0.3, 0.4) is 0 Å². The summed E-state index contributed by atoms with van der Waals surface area (Å²) in [6.45, 7) is 8.34. The van der Waals surface area contributed by atoms with Crippen LogP contribution < -0.4 is 5.43 Å². The van der Waals surface area contributed by atoms with Gasteiger partial charge in [-0.15, -0.1) is 0 Å². The van der Waals surface area contributed by atoms with Gasteiger partial charge in [0.15, 0.2) is 0 Å². The van der Waals surface area contributed by atoms with Crippen LogP contribution in [0.4, 0.5) is 0 Å². The van der Waals surface area contributed by atoms with Crippen LogP contribution in [-0.2, 0) is 16.9 Å². The normalized spacial score (nSPS) is 19.7. The zero-order valence-electron chi connectivity index (χ0n) is 21.4. The van der Waals surface area contributed by atoms with Gasteiger partial charge in [0.25, 0.3) is 5.91 Å². The van der Waals surface area contributed by atoms with Gasteiger partial charge in [0.05, 0.1) is 12.1 Å². The van der Waals surface area contributed by atoms with Gasteiger partial charge in [-0.3, -0.25) is 9.59 Å². The van der Waals surface area contributed by atoms with Gasteiger partial charge in [0, 0.05) is 42.9 Å². The largest absolute Gasteiger partial charge is 0.313 e. The Bertz CT molecular complexity index is 1280.